The predicted octanol–water partition coefficient (Wildman–Crippen LogP) is 1.73. The van der Waals surface area contributed by atoms with Gasteiger partial charge >= 0.3 is 0 Å². The molecule has 9 heteroatoms. The summed E-state index contributed by atoms with van der Waals surface area (Å²) in [5.74, 6) is 2.03. The number of hydrogen-bond donors (Lipinski definition) is 3. The van der Waals surface area contributed by atoms with Crippen LogP contribution in [0, 0.1) is 5.92 Å². The number of carbonyl (C=O) groups is 1. The molecule has 8 nitrogen and oxygen atoms in total. The molecule has 152 valence electrons. The molecule has 1 saturated carbocycles. The van der Waals surface area contributed by atoms with Gasteiger partial charge in [-0.25, -0.2) is 0 Å². The number of amides is 1. The molecule has 2 atom stereocenters. The van der Waals surface area contributed by atoms with Gasteiger partial charge < -0.3 is 20.1 Å². The number of halogens is 1. The maximum atomic E-state index is 11.9. The first-order valence-corrected chi connectivity index (χ1v) is 9.54. The van der Waals surface area contributed by atoms with E-state index in [4.69, 9.17) is 9.47 Å². The largest absolute Gasteiger partial charge is 0.486 e. The summed E-state index contributed by atoms with van der Waals surface area (Å²) >= 11 is 0. The molecule has 3 N–H and O–H groups in total. The number of hydrogen-bond acceptors (Lipinski definition) is 6. The van der Waals surface area contributed by atoms with Crippen LogP contribution in [0.2, 0.25) is 0 Å². The number of nitrogens with zero attached hydrogens (tertiary/aromatic N) is 2. The first-order chi connectivity index (χ1) is 13.3. The monoisotopic (exact) mass is 407 g/mol. The van der Waals surface area contributed by atoms with Crippen molar-refractivity contribution < 1.29 is 14.3 Å². The second kappa shape index (κ2) is 9.75. The maximum absolute atomic E-state index is 11.9. The van der Waals surface area contributed by atoms with Gasteiger partial charge in [-0.3, -0.25) is 4.79 Å². The molecule has 2 aromatic rings. The van der Waals surface area contributed by atoms with Gasteiger partial charge in [-0.05, 0) is 55.8 Å². The number of carbonyl (C=O) groups excluding carboxylic acids is 1. The predicted molar refractivity (Wildman–Crippen MR) is 106 cm³/mol. The zero-order chi connectivity index (χ0) is 18.5. The van der Waals surface area contributed by atoms with Crippen LogP contribution in [0.1, 0.15) is 35.3 Å². The molecule has 1 aliphatic heterocycles. The van der Waals surface area contributed by atoms with Crippen LogP contribution in [0.4, 0.5) is 0 Å². The molecule has 4 rings (SSSR count). The highest BCUT2D eigenvalue weighted by molar-refractivity contribution is 5.91. The zero-order valence-corrected chi connectivity index (χ0v) is 16.5. The SMILES string of the molecule is Cl.O=C(NC[C@@H]1CC[C@H](NCCc2ccc3c(c2)OCCO3)C1)c1cn[nH]n1. The van der Waals surface area contributed by atoms with E-state index in [2.05, 4.69) is 38.2 Å². The average Bonchev–Trinajstić information content (AvgIpc) is 3.38. The van der Waals surface area contributed by atoms with Crippen LogP contribution in [-0.4, -0.2) is 53.7 Å². The minimum absolute atomic E-state index is 0. The van der Waals surface area contributed by atoms with Crippen LogP contribution in [0.3, 0.4) is 0 Å². The molecule has 0 bridgehead atoms. The summed E-state index contributed by atoms with van der Waals surface area (Å²) in [5, 5.41) is 16.5. The van der Waals surface area contributed by atoms with Gasteiger partial charge in [-0.2, -0.15) is 15.4 Å². The number of fused-ring (bicyclic) bond motifs is 1. The van der Waals surface area contributed by atoms with Gasteiger partial charge in [0.2, 0.25) is 0 Å². The molecule has 1 amide bonds. The quantitative estimate of drug-likeness (QED) is 0.646. The topological polar surface area (TPSA) is 101 Å². The summed E-state index contributed by atoms with van der Waals surface area (Å²) in [6.07, 6.45) is 5.75. The van der Waals surface area contributed by atoms with E-state index in [1.807, 2.05) is 6.07 Å². The summed E-state index contributed by atoms with van der Waals surface area (Å²) in [7, 11) is 0. The van der Waals surface area contributed by atoms with E-state index < -0.39 is 0 Å². The van der Waals surface area contributed by atoms with Crippen molar-refractivity contribution in [3.63, 3.8) is 0 Å². The Hall–Kier alpha value is -2.32. The molecule has 1 fully saturated rings. The Morgan fingerprint density at radius 2 is 2.07 bits per heavy atom. The van der Waals surface area contributed by atoms with Crippen LogP contribution in [0.15, 0.2) is 24.4 Å². The third-order valence-corrected chi connectivity index (χ3v) is 5.19. The molecule has 1 aromatic carbocycles. The molecule has 0 saturated heterocycles. The van der Waals surface area contributed by atoms with Gasteiger partial charge in [-0.15, -0.1) is 12.4 Å². The van der Waals surface area contributed by atoms with Gasteiger partial charge in [-0.1, -0.05) is 6.07 Å². The van der Waals surface area contributed by atoms with Crippen LogP contribution < -0.4 is 20.1 Å². The van der Waals surface area contributed by atoms with Gasteiger partial charge in [0.25, 0.3) is 5.91 Å². The number of ether oxygens (including phenoxy) is 2. The van der Waals surface area contributed by atoms with Crippen LogP contribution in [-0.2, 0) is 6.42 Å². The molecular formula is C19H26ClN5O3. The lowest BCUT2D eigenvalue weighted by Crippen LogP contribution is -2.31. The second-order valence-electron chi connectivity index (χ2n) is 7.12. The summed E-state index contributed by atoms with van der Waals surface area (Å²) in [4.78, 5) is 11.9. The van der Waals surface area contributed by atoms with Crippen LogP contribution in [0.5, 0.6) is 11.5 Å². The number of aromatic amines is 1. The molecule has 0 unspecified atom stereocenters. The molecule has 0 radical (unpaired) electrons. The summed E-state index contributed by atoms with van der Waals surface area (Å²) < 4.78 is 11.2. The molecule has 2 heterocycles. The van der Waals surface area contributed by atoms with Gasteiger partial charge in [0, 0.05) is 12.6 Å². The van der Waals surface area contributed by atoms with Crippen molar-refractivity contribution in [3.8, 4) is 11.5 Å². The van der Waals surface area contributed by atoms with Gasteiger partial charge in [0.1, 0.15) is 13.2 Å². The number of rotatable bonds is 7. The Morgan fingerprint density at radius 1 is 1.21 bits per heavy atom. The van der Waals surface area contributed by atoms with Gasteiger partial charge in [0.15, 0.2) is 17.2 Å². The van der Waals surface area contributed by atoms with E-state index in [0.29, 0.717) is 37.4 Å². The van der Waals surface area contributed by atoms with E-state index >= 15 is 0 Å². The highest BCUT2D eigenvalue weighted by atomic mass is 35.5. The highest BCUT2D eigenvalue weighted by Gasteiger charge is 2.25. The van der Waals surface area contributed by atoms with Crippen LogP contribution >= 0.6 is 12.4 Å². The Kier molecular flexibility index (Phi) is 7.11. The Labute approximate surface area is 170 Å². The number of aromatic nitrogens is 3. The fourth-order valence-corrected chi connectivity index (χ4v) is 3.75. The fraction of sp³-hybridized carbons (Fsp3) is 0.526. The molecule has 0 spiro atoms. The Bertz CT molecular complexity index is 771. The summed E-state index contributed by atoms with van der Waals surface area (Å²) in [5.41, 5.74) is 1.59. The van der Waals surface area contributed by atoms with Crippen LogP contribution in [0.25, 0.3) is 0 Å². The molecule has 2 aliphatic rings. The summed E-state index contributed by atoms with van der Waals surface area (Å²) in [6, 6.07) is 6.68. The van der Waals surface area contributed by atoms with Crippen molar-refractivity contribution in [2.24, 2.45) is 5.92 Å². The van der Waals surface area contributed by atoms with E-state index in [0.717, 1.165) is 43.7 Å². The standard InChI is InChI=1S/C19H25N5O3.ClH/c25-19(16-12-22-24-23-16)21-11-14-1-3-15(9-14)20-6-5-13-2-4-17-18(10-13)27-8-7-26-17;/h2,4,10,12,14-15,20H,1,3,5-9,11H2,(H,21,25)(H,22,23,24);1H/t14-,15+;/m1./s1. The third kappa shape index (κ3) is 5.14. The van der Waals surface area contributed by atoms with Crippen molar-refractivity contribution in [2.45, 2.75) is 31.7 Å². The van der Waals surface area contributed by atoms with Gasteiger partial charge in [0.05, 0.1) is 6.20 Å². The minimum atomic E-state index is -0.168. The Balaban J connectivity index is 0.00000225. The number of H-pyrrole nitrogens is 1. The number of benzene rings is 1. The lowest BCUT2D eigenvalue weighted by atomic mass is 10.1. The van der Waals surface area contributed by atoms with Crippen molar-refractivity contribution in [3.05, 3.63) is 35.7 Å². The first-order valence-electron chi connectivity index (χ1n) is 9.54. The van der Waals surface area contributed by atoms with Crippen molar-refractivity contribution in [1.29, 1.82) is 0 Å². The third-order valence-electron chi connectivity index (χ3n) is 5.19. The normalized spacial score (nSPS) is 20.4. The van der Waals surface area contributed by atoms with Crippen molar-refractivity contribution in [2.75, 3.05) is 26.3 Å². The molecule has 28 heavy (non-hydrogen) atoms. The minimum Gasteiger partial charge on any atom is -0.486 e. The zero-order valence-electron chi connectivity index (χ0n) is 15.6. The van der Waals surface area contributed by atoms with Crippen molar-refractivity contribution in [1.82, 2.24) is 26.0 Å². The Morgan fingerprint density at radius 3 is 2.89 bits per heavy atom. The lowest BCUT2D eigenvalue weighted by molar-refractivity contribution is 0.0942. The van der Waals surface area contributed by atoms with E-state index in [1.165, 1.54) is 11.8 Å². The van der Waals surface area contributed by atoms with E-state index in [9.17, 15) is 4.79 Å². The smallest absolute Gasteiger partial charge is 0.273 e. The molecule has 1 aliphatic carbocycles. The molecular weight excluding hydrogens is 382 g/mol. The van der Waals surface area contributed by atoms with E-state index in [-0.39, 0.29) is 18.3 Å². The first kappa shape index (κ1) is 20.4. The summed E-state index contributed by atoms with van der Waals surface area (Å²) in [6.45, 7) is 2.86. The maximum Gasteiger partial charge on any atom is 0.273 e. The fourth-order valence-electron chi connectivity index (χ4n) is 3.75. The number of nitrogens with one attached hydrogen (secondary N) is 3. The van der Waals surface area contributed by atoms with Crippen molar-refractivity contribution >= 4 is 18.3 Å². The average molecular weight is 408 g/mol. The second-order valence-corrected chi connectivity index (χ2v) is 7.12. The highest BCUT2D eigenvalue weighted by Crippen LogP contribution is 2.31. The van der Waals surface area contributed by atoms with E-state index in [1.54, 1.807) is 0 Å². The lowest BCUT2D eigenvalue weighted by Gasteiger charge is -2.19. The molecule has 1 aromatic heterocycles.